The summed E-state index contributed by atoms with van der Waals surface area (Å²) in [5, 5.41) is 1.78. The first-order valence-electron chi connectivity index (χ1n) is 6.92. The van der Waals surface area contributed by atoms with Crippen LogP contribution in [0, 0.1) is 0 Å². The Morgan fingerprint density at radius 2 is 1.23 bits per heavy atom. The van der Waals surface area contributed by atoms with Crippen LogP contribution in [-0.4, -0.2) is 16.4 Å². The highest BCUT2D eigenvalue weighted by molar-refractivity contribution is 6.06. The van der Waals surface area contributed by atoms with E-state index in [0.29, 0.717) is 11.1 Å². The molecule has 1 amide bonds. The lowest BCUT2D eigenvalue weighted by molar-refractivity contribution is 0.0967. The van der Waals surface area contributed by atoms with Gasteiger partial charge < -0.3 is 5.73 Å². The van der Waals surface area contributed by atoms with E-state index < -0.39 is 5.91 Å². The van der Waals surface area contributed by atoms with Gasteiger partial charge in [-0.3, -0.25) is 14.2 Å². The average molecular weight is 288 g/mol. The molecule has 4 rings (SSSR count). The maximum atomic E-state index is 12.7. The van der Waals surface area contributed by atoms with Crippen molar-refractivity contribution < 1.29 is 9.59 Å². The number of aromatic nitrogens is 1. The van der Waals surface area contributed by atoms with Crippen LogP contribution in [0.5, 0.6) is 0 Å². The van der Waals surface area contributed by atoms with Gasteiger partial charge in [-0.15, -0.1) is 0 Å². The molecule has 0 aliphatic carbocycles. The Balaban J connectivity index is 1.81. The Morgan fingerprint density at radius 1 is 0.727 bits per heavy atom. The van der Waals surface area contributed by atoms with E-state index in [1.54, 1.807) is 22.8 Å². The predicted octanol–water partition coefficient (Wildman–Crippen LogP) is 3.02. The average Bonchev–Trinajstić information content (AvgIpc) is 3.13. The van der Waals surface area contributed by atoms with Crippen molar-refractivity contribution in [3.05, 3.63) is 71.8 Å². The molecule has 2 bridgehead atoms. The lowest BCUT2D eigenvalue weighted by atomic mass is 10.0. The largest absolute Gasteiger partial charge is 0.366 e. The first-order valence-corrected chi connectivity index (χ1v) is 6.92. The molecular formula is C18H12N2O2. The van der Waals surface area contributed by atoms with Crippen molar-refractivity contribution in [3.8, 4) is 0 Å². The van der Waals surface area contributed by atoms with Crippen molar-refractivity contribution in [2.45, 2.75) is 0 Å². The van der Waals surface area contributed by atoms with Gasteiger partial charge in [0.15, 0.2) is 0 Å². The molecular weight excluding hydrogens is 276 g/mol. The summed E-state index contributed by atoms with van der Waals surface area (Å²) in [6.45, 7) is 0. The van der Waals surface area contributed by atoms with Crippen LogP contribution in [0.2, 0.25) is 0 Å². The smallest absolute Gasteiger partial charge is 0.262 e. The molecule has 0 atom stereocenters. The third-order valence-corrected chi connectivity index (χ3v) is 3.94. The molecule has 2 heterocycles. The van der Waals surface area contributed by atoms with Crippen LogP contribution in [0.3, 0.4) is 0 Å². The van der Waals surface area contributed by atoms with Gasteiger partial charge in [-0.05, 0) is 59.3 Å². The molecule has 0 spiro atoms. The zero-order valence-electron chi connectivity index (χ0n) is 11.6. The second-order valence-corrected chi connectivity index (χ2v) is 5.30. The summed E-state index contributed by atoms with van der Waals surface area (Å²) in [5.74, 6) is -0.512. The van der Waals surface area contributed by atoms with E-state index in [2.05, 4.69) is 0 Å². The number of nitrogens with two attached hydrogens (primary N) is 1. The van der Waals surface area contributed by atoms with Crippen molar-refractivity contribution in [3.63, 3.8) is 0 Å². The molecule has 4 nitrogen and oxygen atoms in total. The van der Waals surface area contributed by atoms with Crippen LogP contribution in [0.15, 0.2) is 60.7 Å². The zero-order valence-corrected chi connectivity index (χ0v) is 11.6. The molecule has 4 aromatic rings. The van der Waals surface area contributed by atoms with Crippen LogP contribution < -0.4 is 5.73 Å². The van der Waals surface area contributed by atoms with E-state index in [1.807, 2.05) is 42.5 Å². The van der Waals surface area contributed by atoms with Gasteiger partial charge in [-0.2, -0.15) is 0 Å². The minimum atomic E-state index is -0.458. The number of nitrogens with zero attached hydrogens (tertiary/aromatic N) is 1. The number of hydrogen-bond acceptors (Lipinski definition) is 2. The molecule has 4 heteroatoms. The van der Waals surface area contributed by atoms with Gasteiger partial charge in [0.1, 0.15) is 0 Å². The van der Waals surface area contributed by atoms with Gasteiger partial charge in [0, 0.05) is 22.2 Å². The fourth-order valence-corrected chi connectivity index (χ4v) is 2.80. The van der Waals surface area contributed by atoms with Gasteiger partial charge in [-0.1, -0.05) is 12.1 Å². The standard InChI is InChI=1S/C18H12N2O2/c19-17(21)13-3-1-12-10-14(4-2-11(12)9-13)18(22)20-15-5-6-16(20)8-7-15/h1-10H,(H2,19,21). The summed E-state index contributed by atoms with van der Waals surface area (Å²) in [6, 6.07) is 18.4. The minimum Gasteiger partial charge on any atom is -0.366 e. The number of primary amides is 1. The lowest BCUT2D eigenvalue weighted by Crippen LogP contribution is -2.11. The maximum Gasteiger partial charge on any atom is 0.262 e. The Labute approximate surface area is 126 Å². The number of carbonyl (C=O) groups is 2. The summed E-state index contributed by atoms with van der Waals surface area (Å²) in [4.78, 5) is 23.9. The molecule has 0 saturated heterocycles. The van der Waals surface area contributed by atoms with Crippen LogP contribution in [-0.2, 0) is 0 Å². The van der Waals surface area contributed by atoms with Crippen molar-refractivity contribution in [1.29, 1.82) is 0 Å². The van der Waals surface area contributed by atoms with Crippen LogP contribution >= 0.6 is 0 Å². The second-order valence-electron chi connectivity index (χ2n) is 5.30. The van der Waals surface area contributed by atoms with Gasteiger partial charge in [0.2, 0.25) is 5.91 Å². The number of fused-ring (bicyclic) bond motifs is 3. The van der Waals surface area contributed by atoms with Crippen LogP contribution in [0.1, 0.15) is 20.7 Å². The quantitative estimate of drug-likeness (QED) is 0.616. The summed E-state index contributed by atoms with van der Waals surface area (Å²) >= 11 is 0. The monoisotopic (exact) mass is 288 g/mol. The predicted molar refractivity (Wildman–Crippen MR) is 85.3 cm³/mol. The van der Waals surface area contributed by atoms with E-state index in [1.165, 1.54) is 0 Å². The third kappa shape index (κ3) is 1.78. The van der Waals surface area contributed by atoms with Crippen LogP contribution in [0.4, 0.5) is 0 Å². The van der Waals surface area contributed by atoms with Gasteiger partial charge in [0.25, 0.3) is 5.91 Å². The molecule has 106 valence electrons. The molecule has 2 aromatic heterocycles. The number of carbonyl (C=O) groups excluding carboxylic acids is 2. The molecule has 0 saturated carbocycles. The number of amides is 1. The van der Waals surface area contributed by atoms with Crippen molar-refractivity contribution >= 4 is 33.6 Å². The lowest BCUT2D eigenvalue weighted by Gasteiger charge is -2.06. The minimum absolute atomic E-state index is 0.0547. The summed E-state index contributed by atoms with van der Waals surface area (Å²) in [7, 11) is 0. The number of hydrogen-bond donors (Lipinski definition) is 1. The Bertz CT molecular complexity index is 982. The molecule has 0 fully saturated rings. The van der Waals surface area contributed by atoms with Gasteiger partial charge in [-0.25, -0.2) is 0 Å². The molecule has 0 unspecified atom stereocenters. The summed E-state index contributed by atoms with van der Waals surface area (Å²) < 4.78 is 1.69. The van der Waals surface area contributed by atoms with E-state index in [-0.39, 0.29) is 5.91 Å². The van der Waals surface area contributed by atoms with Crippen LogP contribution in [0.25, 0.3) is 21.8 Å². The number of rotatable bonds is 2. The van der Waals surface area contributed by atoms with E-state index in [4.69, 9.17) is 5.73 Å². The first kappa shape index (κ1) is 12.6. The summed E-state index contributed by atoms with van der Waals surface area (Å²) in [6.07, 6.45) is 0. The highest BCUT2D eigenvalue weighted by atomic mass is 16.2. The van der Waals surface area contributed by atoms with E-state index in [0.717, 1.165) is 21.8 Å². The fourth-order valence-electron chi connectivity index (χ4n) is 2.80. The first-order chi connectivity index (χ1) is 10.6. The highest BCUT2D eigenvalue weighted by Crippen LogP contribution is 2.22. The number of benzene rings is 3. The molecule has 2 aromatic carbocycles. The third-order valence-electron chi connectivity index (χ3n) is 3.94. The normalized spacial score (nSPS) is 11.3. The Hall–Kier alpha value is -3.14. The molecule has 0 aliphatic rings. The van der Waals surface area contributed by atoms with Crippen molar-refractivity contribution in [1.82, 2.24) is 4.57 Å². The highest BCUT2D eigenvalue weighted by Gasteiger charge is 2.14. The van der Waals surface area contributed by atoms with Crippen molar-refractivity contribution in [2.24, 2.45) is 5.73 Å². The van der Waals surface area contributed by atoms with E-state index in [9.17, 15) is 9.59 Å². The molecule has 22 heavy (non-hydrogen) atoms. The molecule has 0 aliphatic heterocycles. The van der Waals surface area contributed by atoms with E-state index >= 15 is 0 Å². The maximum absolute atomic E-state index is 12.7. The molecule has 2 N–H and O–H groups in total. The second kappa shape index (κ2) is 4.43. The van der Waals surface area contributed by atoms with Gasteiger partial charge >= 0.3 is 0 Å². The SMILES string of the molecule is NC(=O)c1ccc2cc(C(=O)n3c4ccc3cc4)ccc2c1. The Morgan fingerprint density at radius 3 is 1.77 bits per heavy atom. The fraction of sp³-hybridized carbons (Fsp3) is 0. The van der Waals surface area contributed by atoms with Gasteiger partial charge in [0.05, 0.1) is 0 Å². The Kier molecular flexibility index (Phi) is 2.53. The molecule has 0 radical (unpaired) electrons. The topological polar surface area (TPSA) is 65.1 Å². The van der Waals surface area contributed by atoms with Crippen molar-refractivity contribution in [2.75, 3.05) is 0 Å². The summed E-state index contributed by atoms with van der Waals surface area (Å²) in [5.41, 5.74) is 8.14. The zero-order chi connectivity index (χ0) is 15.3.